The predicted octanol–water partition coefficient (Wildman–Crippen LogP) is 3.11. The number of halogens is 2. The Hall–Kier alpha value is -2.24. The molecule has 1 fully saturated rings. The Balaban J connectivity index is 1.63. The van der Waals surface area contributed by atoms with Crippen molar-refractivity contribution < 1.29 is 18.3 Å². The Morgan fingerprint density at radius 3 is 2.86 bits per heavy atom. The maximum atomic E-state index is 13.7. The molecule has 3 atom stereocenters. The number of benzene rings is 1. The Morgan fingerprint density at radius 2 is 2.23 bits per heavy atom. The average molecular weight is 306 g/mol. The summed E-state index contributed by atoms with van der Waals surface area (Å²) < 4.78 is 33.6. The van der Waals surface area contributed by atoms with Gasteiger partial charge in [-0.1, -0.05) is 0 Å². The third-order valence-corrected chi connectivity index (χ3v) is 3.94. The quantitative estimate of drug-likeness (QED) is 0.815. The number of carbonyl (C=O) groups excluding carboxylic acids is 1. The van der Waals surface area contributed by atoms with E-state index in [1.165, 1.54) is 6.07 Å². The lowest BCUT2D eigenvalue weighted by Crippen LogP contribution is -2.12. The van der Waals surface area contributed by atoms with Gasteiger partial charge in [0.1, 0.15) is 17.7 Å². The van der Waals surface area contributed by atoms with Gasteiger partial charge in [0.15, 0.2) is 0 Å². The van der Waals surface area contributed by atoms with Gasteiger partial charge in [-0.25, -0.2) is 8.78 Å². The van der Waals surface area contributed by atoms with E-state index in [4.69, 9.17) is 4.74 Å². The zero-order chi connectivity index (χ0) is 15.9. The van der Waals surface area contributed by atoms with Crippen LogP contribution in [0.25, 0.3) is 0 Å². The van der Waals surface area contributed by atoms with E-state index in [-0.39, 0.29) is 23.4 Å². The predicted molar refractivity (Wildman–Crippen MR) is 74.9 cm³/mol. The van der Waals surface area contributed by atoms with E-state index in [0.717, 1.165) is 17.7 Å². The van der Waals surface area contributed by atoms with Crippen molar-refractivity contribution in [2.45, 2.75) is 25.4 Å². The van der Waals surface area contributed by atoms with Gasteiger partial charge in [-0.3, -0.25) is 9.48 Å². The molecule has 3 unspecified atom stereocenters. The normalized spacial score (nSPS) is 21.5. The molecule has 0 radical (unpaired) electrons. The van der Waals surface area contributed by atoms with Gasteiger partial charge in [0.2, 0.25) is 0 Å². The van der Waals surface area contributed by atoms with Crippen molar-refractivity contribution in [2.75, 3.05) is 0 Å². The summed E-state index contributed by atoms with van der Waals surface area (Å²) in [6.07, 6.45) is 3.58. The van der Waals surface area contributed by atoms with Crippen molar-refractivity contribution >= 4 is 5.97 Å². The van der Waals surface area contributed by atoms with Crippen LogP contribution in [-0.4, -0.2) is 15.7 Å². The van der Waals surface area contributed by atoms with Crippen molar-refractivity contribution in [3.63, 3.8) is 0 Å². The highest BCUT2D eigenvalue weighted by atomic mass is 19.1. The first-order valence-corrected chi connectivity index (χ1v) is 7.09. The van der Waals surface area contributed by atoms with E-state index in [9.17, 15) is 13.6 Å². The topological polar surface area (TPSA) is 44.1 Å². The Morgan fingerprint density at radius 1 is 1.45 bits per heavy atom. The monoisotopic (exact) mass is 306 g/mol. The lowest BCUT2D eigenvalue weighted by Gasteiger charge is -2.14. The van der Waals surface area contributed by atoms with Crippen LogP contribution in [0.3, 0.4) is 0 Å². The number of ether oxygens (including phenoxy) is 1. The fraction of sp³-hybridized carbons (Fsp3) is 0.375. The molecule has 2 aromatic rings. The van der Waals surface area contributed by atoms with Crippen LogP contribution in [0.5, 0.6) is 0 Å². The van der Waals surface area contributed by atoms with E-state index < -0.39 is 17.7 Å². The molecule has 0 spiro atoms. The molecular formula is C16H16F2N2O2. The summed E-state index contributed by atoms with van der Waals surface area (Å²) in [4.78, 5) is 12.1. The van der Waals surface area contributed by atoms with Crippen LogP contribution in [0.2, 0.25) is 0 Å². The maximum absolute atomic E-state index is 13.7. The highest BCUT2D eigenvalue weighted by Crippen LogP contribution is 2.48. The zero-order valence-corrected chi connectivity index (χ0v) is 12.3. The molecule has 0 aliphatic heterocycles. The molecule has 6 heteroatoms. The summed E-state index contributed by atoms with van der Waals surface area (Å²) in [6.45, 7) is 1.58. The largest absolute Gasteiger partial charge is 0.457 e. The number of hydrogen-bond acceptors (Lipinski definition) is 3. The number of hydrogen-bond donors (Lipinski definition) is 0. The summed E-state index contributed by atoms with van der Waals surface area (Å²) in [5, 5.41) is 4.08. The molecule has 1 aromatic heterocycles. The first-order valence-electron chi connectivity index (χ1n) is 7.09. The minimum absolute atomic E-state index is 0.117. The summed E-state index contributed by atoms with van der Waals surface area (Å²) in [6, 6.07) is 3.24. The Bertz CT molecular complexity index is 714. The molecule has 4 nitrogen and oxygen atoms in total. The van der Waals surface area contributed by atoms with Crippen molar-refractivity contribution in [2.24, 2.45) is 13.0 Å². The Kier molecular flexibility index (Phi) is 3.68. The van der Waals surface area contributed by atoms with Gasteiger partial charge >= 0.3 is 5.97 Å². The average Bonchev–Trinajstić information content (AvgIpc) is 3.14. The van der Waals surface area contributed by atoms with Crippen LogP contribution in [0, 0.1) is 17.6 Å². The number of aryl methyl sites for hydroxylation is 1. The number of aromatic nitrogens is 2. The van der Waals surface area contributed by atoms with Crippen LogP contribution < -0.4 is 0 Å². The van der Waals surface area contributed by atoms with Gasteiger partial charge in [-0.05, 0) is 31.0 Å². The molecule has 0 N–H and O–H groups in total. The van der Waals surface area contributed by atoms with Crippen LogP contribution in [0.1, 0.15) is 36.5 Å². The molecule has 0 saturated heterocycles. The lowest BCUT2D eigenvalue weighted by atomic mass is 10.1. The number of carbonyl (C=O) groups is 1. The first kappa shape index (κ1) is 14.7. The fourth-order valence-corrected chi connectivity index (χ4v) is 2.61. The molecule has 1 saturated carbocycles. The van der Waals surface area contributed by atoms with E-state index in [2.05, 4.69) is 5.10 Å². The second-order valence-corrected chi connectivity index (χ2v) is 5.64. The molecule has 1 aliphatic carbocycles. The molecule has 0 bridgehead atoms. The molecule has 1 aromatic carbocycles. The summed E-state index contributed by atoms with van der Waals surface area (Å²) in [5.41, 5.74) is 1.18. The molecule has 3 rings (SSSR count). The van der Waals surface area contributed by atoms with Crippen LogP contribution >= 0.6 is 0 Å². The summed E-state index contributed by atoms with van der Waals surface area (Å²) in [5.74, 6) is -1.81. The van der Waals surface area contributed by atoms with Gasteiger partial charge in [-0.2, -0.15) is 5.10 Å². The first-order chi connectivity index (χ1) is 10.5. The smallest absolute Gasteiger partial charge is 0.310 e. The molecule has 116 valence electrons. The number of esters is 1. The van der Waals surface area contributed by atoms with Crippen molar-refractivity contribution in [1.82, 2.24) is 9.78 Å². The van der Waals surface area contributed by atoms with E-state index in [1.54, 1.807) is 17.8 Å². The van der Waals surface area contributed by atoms with Gasteiger partial charge < -0.3 is 4.74 Å². The number of rotatable bonds is 4. The molecule has 1 aliphatic rings. The van der Waals surface area contributed by atoms with Crippen LogP contribution in [0.15, 0.2) is 30.6 Å². The molecule has 22 heavy (non-hydrogen) atoms. The standard InChI is InChI=1S/C16H16F2N2O2/c1-9(12-4-3-11(17)5-15(12)18)22-16(21)14-6-13(14)10-7-19-20(2)8-10/h3-5,7-9,13-14H,6H2,1-2H3. The van der Waals surface area contributed by atoms with Crippen molar-refractivity contribution in [1.29, 1.82) is 0 Å². The third-order valence-electron chi connectivity index (χ3n) is 3.94. The second kappa shape index (κ2) is 5.51. The lowest BCUT2D eigenvalue weighted by molar-refractivity contribution is -0.150. The van der Waals surface area contributed by atoms with E-state index in [1.807, 2.05) is 13.2 Å². The van der Waals surface area contributed by atoms with Gasteiger partial charge in [0, 0.05) is 30.8 Å². The SMILES string of the molecule is CC(OC(=O)C1CC1c1cnn(C)c1)c1ccc(F)cc1F. The highest BCUT2D eigenvalue weighted by Gasteiger charge is 2.46. The molecule has 1 heterocycles. The summed E-state index contributed by atoms with van der Waals surface area (Å²) in [7, 11) is 1.82. The fourth-order valence-electron chi connectivity index (χ4n) is 2.61. The van der Waals surface area contributed by atoms with Gasteiger partial charge in [0.05, 0.1) is 12.1 Å². The maximum Gasteiger partial charge on any atom is 0.310 e. The van der Waals surface area contributed by atoms with Crippen molar-refractivity contribution in [3.8, 4) is 0 Å². The molecular weight excluding hydrogens is 290 g/mol. The van der Waals surface area contributed by atoms with Gasteiger partial charge in [-0.15, -0.1) is 0 Å². The zero-order valence-electron chi connectivity index (χ0n) is 12.3. The molecule has 0 amide bonds. The van der Waals surface area contributed by atoms with Crippen LogP contribution in [-0.2, 0) is 16.6 Å². The van der Waals surface area contributed by atoms with E-state index in [0.29, 0.717) is 6.42 Å². The van der Waals surface area contributed by atoms with Crippen molar-refractivity contribution in [3.05, 3.63) is 53.4 Å². The highest BCUT2D eigenvalue weighted by molar-refractivity contribution is 5.77. The number of nitrogens with zero attached hydrogens (tertiary/aromatic N) is 2. The second-order valence-electron chi connectivity index (χ2n) is 5.64. The minimum Gasteiger partial charge on any atom is -0.457 e. The summed E-state index contributed by atoms with van der Waals surface area (Å²) >= 11 is 0. The van der Waals surface area contributed by atoms with Gasteiger partial charge in [0.25, 0.3) is 0 Å². The van der Waals surface area contributed by atoms with E-state index >= 15 is 0 Å². The Labute approximate surface area is 126 Å². The van der Waals surface area contributed by atoms with Crippen LogP contribution in [0.4, 0.5) is 8.78 Å². The third kappa shape index (κ3) is 2.86. The minimum atomic E-state index is -0.747.